The Labute approximate surface area is 129 Å². The molecule has 0 aliphatic carbocycles. The minimum absolute atomic E-state index is 0.0342. The number of anilines is 1. The average molecular weight is 298 g/mol. The summed E-state index contributed by atoms with van der Waals surface area (Å²) >= 11 is 0. The third-order valence-electron chi connectivity index (χ3n) is 2.99. The number of hydrogen-bond acceptors (Lipinski definition) is 3. The van der Waals surface area contributed by atoms with Crippen molar-refractivity contribution in [3.8, 4) is 11.5 Å². The highest BCUT2D eigenvalue weighted by atomic mass is 16.5. The summed E-state index contributed by atoms with van der Waals surface area (Å²) in [4.78, 5) is 11.8. The number of benzene rings is 2. The van der Waals surface area contributed by atoms with E-state index in [0.717, 1.165) is 16.9 Å². The lowest BCUT2D eigenvalue weighted by atomic mass is 10.2. The Balaban J connectivity index is 1.93. The zero-order valence-electron chi connectivity index (χ0n) is 12.5. The number of urea groups is 1. The van der Waals surface area contributed by atoms with Gasteiger partial charge in [-0.1, -0.05) is 18.2 Å². The first-order valence-corrected chi connectivity index (χ1v) is 6.76. The average Bonchev–Trinajstić information content (AvgIpc) is 2.50. The van der Waals surface area contributed by atoms with Gasteiger partial charge in [0.1, 0.15) is 11.5 Å². The highest BCUT2D eigenvalue weighted by Gasteiger charge is 2.04. The van der Waals surface area contributed by atoms with Crippen LogP contribution in [0.25, 0.3) is 6.08 Å². The predicted molar refractivity (Wildman–Crippen MR) is 87.0 cm³/mol. The van der Waals surface area contributed by atoms with Crippen molar-refractivity contribution in [1.82, 2.24) is 5.32 Å². The maximum Gasteiger partial charge on any atom is 0.323 e. The number of methoxy groups -OCH3 is 1. The number of nitrogens with one attached hydrogen (secondary N) is 2. The van der Waals surface area contributed by atoms with Crippen molar-refractivity contribution in [1.29, 1.82) is 0 Å². The fourth-order valence-electron chi connectivity index (χ4n) is 1.86. The Morgan fingerprint density at radius 3 is 2.77 bits per heavy atom. The minimum atomic E-state index is -0.432. The van der Waals surface area contributed by atoms with E-state index in [1.165, 1.54) is 6.20 Å². The van der Waals surface area contributed by atoms with Gasteiger partial charge >= 0.3 is 6.03 Å². The number of amides is 2. The Morgan fingerprint density at radius 2 is 2.05 bits per heavy atom. The number of ether oxygens (including phenoxy) is 1. The Morgan fingerprint density at radius 1 is 1.23 bits per heavy atom. The summed E-state index contributed by atoms with van der Waals surface area (Å²) < 4.78 is 5.12. The van der Waals surface area contributed by atoms with E-state index in [1.807, 2.05) is 31.2 Å². The molecule has 0 aliphatic rings. The van der Waals surface area contributed by atoms with Crippen LogP contribution in [0.5, 0.6) is 11.5 Å². The van der Waals surface area contributed by atoms with Crippen molar-refractivity contribution in [2.75, 3.05) is 12.4 Å². The van der Waals surface area contributed by atoms with E-state index >= 15 is 0 Å². The topological polar surface area (TPSA) is 70.6 Å². The lowest BCUT2D eigenvalue weighted by Crippen LogP contribution is -2.23. The second-order valence-electron chi connectivity index (χ2n) is 4.73. The zero-order valence-corrected chi connectivity index (χ0v) is 12.5. The molecule has 2 aromatic carbocycles. The molecule has 114 valence electrons. The van der Waals surface area contributed by atoms with Gasteiger partial charge in [-0.3, -0.25) is 0 Å². The van der Waals surface area contributed by atoms with Gasteiger partial charge in [-0.25, -0.2) is 4.79 Å². The summed E-state index contributed by atoms with van der Waals surface area (Å²) in [6, 6.07) is 12.1. The number of aromatic hydroxyl groups is 1. The molecule has 0 radical (unpaired) electrons. The zero-order chi connectivity index (χ0) is 15.9. The number of carbonyl (C=O) groups excluding carboxylic acids is 1. The van der Waals surface area contributed by atoms with Crippen LogP contribution in [0.1, 0.15) is 11.1 Å². The molecule has 0 bridgehead atoms. The highest BCUT2D eigenvalue weighted by molar-refractivity contribution is 5.91. The molecule has 0 saturated heterocycles. The van der Waals surface area contributed by atoms with Crippen molar-refractivity contribution in [2.45, 2.75) is 6.92 Å². The molecule has 0 atom stereocenters. The van der Waals surface area contributed by atoms with Crippen LogP contribution in [-0.2, 0) is 0 Å². The molecule has 3 N–H and O–H groups in total. The van der Waals surface area contributed by atoms with Crippen LogP contribution in [0, 0.1) is 6.92 Å². The molecule has 0 saturated carbocycles. The van der Waals surface area contributed by atoms with E-state index in [0.29, 0.717) is 5.69 Å². The summed E-state index contributed by atoms with van der Waals surface area (Å²) in [7, 11) is 1.60. The predicted octanol–water partition coefficient (Wildman–Crippen LogP) is 3.50. The molecule has 0 unspecified atom stereocenters. The van der Waals surface area contributed by atoms with Gasteiger partial charge in [-0.15, -0.1) is 0 Å². The summed E-state index contributed by atoms with van der Waals surface area (Å²) in [6.45, 7) is 1.86. The highest BCUT2D eigenvalue weighted by Crippen LogP contribution is 2.23. The van der Waals surface area contributed by atoms with E-state index in [-0.39, 0.29) is 5.75 Å². The van der Waals surface area contributed by atoms with Gasteiger partial charge < -0.3 is 20.5 Å². The lowest BCUT2D eigenvalue weighted by Gasteiger charge is -2.07. The van der Waals surface area contributed by atoms with Crippen LogP contribution in [-0.4, -0.2) is 18.2 Å². The third kappa shape index (κ3) is 4.28. The van der Waals surface area contributed by atoms with Gasteiger partial charge in [-0.05, 0) is 48.4 Å². The van der Waals surface area contributed by atoms with Gasteiger partial charge in [0.25, 0.3) is 0 Å². The van der Waals surface area contributed by atoms with Gasteiger partial charge in [0.2, 0.25) is 0 Å². The summed E-state index contributed by atoms with van der Waals surface area (Å²) in [5.41, 5.74) is 2.18. The lowest BCUT2D eigenvalue weighted by molar-refractivity contribution is 0.255. The third-order valence-corrected chi connectivity index (χ3v) is 2.99. The van der Waals surface area contributed by atoms with Crippen LogP contribution in [0.15, 0.2) is 48.7 Å². The van der Waals surface area contributed by atoms with Crippen LogP contribution in [0.3, 0.4) is 0 Å². The first kappa shape index (κ1) is 15.4. The summed E-state index contributed by atoms with van der Waals surface area (Å²) in [6.07, 6.45) is 3.27. The minimum Gasteiger partial charge on any atom is -0.506 e. The first-order chi connectivity index (χ1) is 10.6. The van der Waals surface area contributed by atoms with Crippen LogP contribution < -0.4 is 15.4 Å². The monoisotopic (exact) mass is 298 g/mol. The molecule has 0 fully saturated rings. The Kier molecular flexibility index (Phi) is 5.03. The standard InChI is InChI=1S/C17H18N2O3/c1-12-6-7-15(16(20)10-12)19-17(21)18-9-8-13-4-3-5-14(11-13)22-2/h3-11,20H,1-2H3,(H2,18,19,21)/b9-8+. The smallest absolute Gasteiger partial charge is 0.323 e. The SMILES string of the molecule is COc1cccc(/C=C/NC(=O)Nc2ccc(C)cc2O)c1. The largest absolute Gasteiger partial charge is 0.506 e. The number of phenols is 1. The quantitative estimate of drug-likeness (QED) is 0.757. The van der Waals surface area contributed by atoms with E-state index in [1.54, 1.807) is 31.4 Å². The van der Waals surface area contributed by atoms with E-state index in [2.05, 4.69) is 10.6 Å². The normalized spacial score (nSPS) is 10.5. The van der Waals surface area contributed by atoms with Crippen LogP contribution in [0.2, 0.25) is 0 Å². The van der Waals surface area contributed by atoms with Gasteiger partial charge in [0.15, 0.2) is 0 Å². The van der Waals surface area contributed by atoms with Gasteiger partial charge in [-0.2, -0.15) is 0 Å². The molecular formula is C17H18N2O3. The van der Waals surface area contributed by atoms with Crippen molar-refractivity contribution in [3.63, 3.8) is 0 Å². The van der Waals surface area contributed by atoms with Crippen LogP contribution in [0.4, 0.5) is 10.5 Å². The Hall–Kier alpha value is -2.95. The van der Waals surface area contributed by atoms with Crippen molar-refractivity contribution < 1.29 is 14.6 Å². The summed E-state index contributed by atoms with van der Waals surface area (Å²) in [5.74, 6) is 0.781. The number of aryl methyl sites for hydroxylation is 1. The van der Waals surface area contributed by atoms with E-state index in [4.69, 9.17) is 4.74 Å². The maximum absolute atomic E-state index is 11.8. The maximum atomic E-state index is 11.8. The van der Waals surface area contributed by atoms with Crippen molar-refractivity contribution in [3.05, 3.63) is 59.8 Å². The fourth-order valence-corrected chi connectivity index (χ4v) is 1.86. The molecule has 22 heavy (non-hydrogen) atoms. The van der Waals surface area contributed by atoms with E-state index < -0.39 is 6.03 Å². The second-order valence-corrected chi connectivity index (χ2v) is 4.73. The van der Waals surface area contributed by atoms with Crippen molar-refractivity contribution >= 4 is 17.8 Å². The molecule has 0 heterocycles. The van der Waals surface area contributed by atoms with Crippen LogP contribution >= 0.6 is 0 Å². The number of hydrogen-bond donors (Lipinski definition) is 3. The number of carbonyl (C=O) groups is 1. The molecule has 0 aliphatic heterocycles. The molecule has 5 nitrogen and oxygen atoms in total. The van der Waals surface area contributed by atoms with E-state index in [9.17, 15) is 9.90 Å². The molecule has 5 heteroatoms. The van der Waals surface area contributed by atoms with Gasteiger partial charge in [0, 0.05) is 6.20 Å². The van der Waals surface area contributed by atoms with Crippen molar-refractivity contribution in [2.24, 2.45) is 0 Å². The van der Waals surface area contributed by atoms with Gasteiger partial charge in [0.05, 0.1) is 12.8 Å². The second kappa shape index (κ2) is 7.17. The molecule has 2 rings (SSSR count). The fraction of sp³-hybridized carbons (Fsp3) is 0.118. The number of phenolic OH excluding ortho intramolecular Hbond substituents is 1. The summed E-state index contributed by atoms with van der Waals surface area (Å²) in [5, 5.41) is 14.9. The first-order valence-electron chi connectivity index (χ1n) is 6.76. The molecule has 2 aromatic rings. The molecular weight excluding hydrogens is 280 g/mol. The molecule has 0 spiro atoms. The molecule has 2 amide bonds. The number of rotatable bonds is 4. The molecule has 0 aromatic heterocycles. The Bertz CT molecular complexity index is 696.